The summed E-state index contributed by atoms with van der Waals surface area (Å²) in [5.74, 6) is -1.52. The predicted octanol–water partition coefficient (Wildman–Crippen LogP) is 1.55. The number of carboxylic acid groups (broad SMARTS) is 1. The van der Waals surface area contributed by atoms with Gasteiger partial charge in [-0.15, -0.1) is 0 Å². The first-order valence-corrected chi connectivity index (χ1v) is 8.28. The molecular formula is C14H16FNO4S. The van der Waals surface area contributed by atoms with Gasteiger partial charge in [0.05, 0.1) is 11.5 Å². The van der Waals surface area contributed by atoms with Crippen molar-refractivity contribution in [2.75, 3.05) is 23.0 Å². The number of anilines is 1. The van der Waals surface area contributed by atoms with Crippen LogP contribution in [0.5, 0.6) is 0 Å². The fraction of sp³-hybridized carbons (Fsp3) is 0.357. The minimum Gasteiger partial charge on any atom is -0.478 e. The number of benzene rings is 1. The van der Waals surface area contributed by atoms with Gasteiger partial charge in [-0.05, 0) is 31.2 Å². The number of sulfone groups is 1. The lowest BCUT2D eigenvalue weighted by Crippen LogP contribution is -2.47. The number of rotatable bonds is 3. The average molecular weight is 313 g/mol. The Kier molecular flexibility index (Phi) is 4.32. The van der Waals surface area contributed by atoms with Crippen LogP contribution in [-0.2, 0) is 14.6 Å². The normalized spacial score (nSPS) is 21.6. The van der Waals surface area contributed by atoms with Crippen LogP contribution in [0, 0.1) is 5.82 Å². The Morgan fingerprint density at radius 3 is 2.81 bits per heavy atom. The molecule has 1 atom stereocenters. The number of carboxylic acids is 1. The standard InChI is InChI=1S/C14H16FNO4S/c1-10-9-21(19,20)7-6-16(10)13-4-3-12(15)8-11(13)2-5-14(17)18/h2-5,8,10H,6-7,9H2,1H3,(H,17,18)/b5-2+. The summed E-state index contributed by atoms with van der Waals surface area (Å²) in [7, 11) is -3.05. The molecule has 0 amide bonds. The van der Waals surface area contributed by atoms with Crippen molar-refractivity contribution in [3.63, 3.8) is 0 Å². The molecule has 1 N–H and O–H groups in total. The first-order valence-electron chi connectivity index (χ1n) is 6.46. The van der Waals surface area contributed by atoms with Crippen LogP contribution >= 0.6 is 0 Å². The summed E-state index contributed by atoms with van der Waals surface area (Å²) in [5.41, 5.74) is 1.06. The smallest absolute Gasteiger partial charge is 0.328 e. The van der Waals surface area contributed by atoms with E-state index in [1.54, 1.807) is 13.0 Å². The van der Waals surface area contributed by atoms with Crippen LogP contribution in [0.2, 0.25) is 0 Å². The molecule has 1 aliphatic rings. The van der Waals surface area contributed by atoms with Gasteiger partial charge in [0.15, 0.2) is 9.84 Å². The van der Waals surface area contributed by atoms with E-state index in [1.165, 1.54) is 18.2 Å². The van der Waals surface area contributed by atoms with Gasteiger partial charge in [0.2, 0.25) is 0 Å². The van der Waals surface area contributed by atoms with Crippen molar-refractivity contribution in [1.82, 2.24) is 0 Å². The summed E-state index contributed by atoms with van der Waals surface area (Å²) in [4.78, 5) is 12.5. The Bertz CT molecular complexity index is 684. The molecular weight excluding hydrogens is 297 g/mol. The van der Waals surface area contributed by atoms with Crippen LogP contribution in [0.15, 0.2) is 24.3 Å². The van der Waals surface area contributed by atoms with Crippen molar-refractivity contribution < 1.29 is 22.7 Å². The summed E-state index contributed by atoms with van der Waals surface area (Å²) in [5, 5.41) is 8.69. The topological polar surface area (TPSA) is 74.7 Å². The molecule has 21 heavy (non-hydrogen) atoms. The highest BCUT2D eigenvalue weighted by atomic mass is 32.2. The van der Waals surface area contributed by atoms with Crippen LogP contribution in [-0.4, -0.2) is 43.6 Å². The van der Waals surface area contributed by atoms with Gasteiger partial charge in [-0.2, -0.15) is 0 Å². The molecule has 5 nitrogen and oxygen atoms in total. The molecule has 114 valence electrons. The number of halogens is 1. The van der Waals surface area contributed by atoms with Gasteiger partial charge in [0.25, 0.3) is 0 Å². The zero-order chi connectivity index (χ0) is 15.6. The molecule has 1 unspecified atom stereocenters. The number of hydrogen-bond acceptors (Lipinski definition) is 4. The van der Waals surface area contributed by atoms with E-state index in [0.29, 0.717) is 17.8 Å². The number of aliphatic carboxylic acids is 1. The van der Waals surface area contributed by atoms with Gasteiger partial charge in [-0.25, -0.2) is 17.6 Å². The molecule has 2 rings (SSSR count). The third-order valence-corrected chi connectivity index (χ3v) is 5.17. The fourth-order valence-electron chi connectivity index (χ4n) is 2.44. The van der Waals surface area contributed by atoms with E-state index in [2.05, 4.69) is 0 Å². The quantitative estimate of drug-likeness (QED) is 0.857. The lowest BCUT2D eigenvalue weighted by molar-refractivity contribution is -0.131. The summed E-state index contributed by atoms with van der Waals surface area (Å²) in [6.07, 6.45) is 2.25. The molecule has 7 heteroatoms. The van der Waals surface area contributed by atoms with Gasteiger partial charge in [-0.1, -0.05) is 0 Å². The van der Waals surface area contributed by atoms with Crippen LogP contribution in [0.1, 0.15) is 12.5 Å². The largest absolute Gasteiger partial charge is 0.478 e. The molecule has 0 radical (unpaired) electrons. The molecule has 1 aromatic rings. The highest BCUT2D eigenvalue weighted by molar-refractivity contribution is 7.91. The Labute approximate surface area is 122 Å². The van der Waals surface area contributed by atoms with Crippen molar-refractivity contribution in [1.29, 1.82) is 0 Å². The molecule has 0 aliphatic carbocycles. The molecule has 1 heterocycles. The minimum atomic E-state index is -3.05. The maximum Gasteiger partial charge on any atom is 0.328 e. The van der Waals surface area contributed by atoms with Gasteiger partial charge < -0.3 is 10.0 Å². The van der Waals surface area contributed by atoms with E-state index in [-0.39, 0.29) is 17.5 Å². The summed E-state index contributed by atoms with van der Waals surface area (Å²) in [6, 6.07) is 3.82. The number of carbonyl (C=O) groups is 1. The maximum atomic E-state index is 13.4. The first kappa shape index (κ1) is 15.5. The third kappa shape index (κ3) is 3.81. The van der Waals surface area contributed by atoms with Gasteiger partial charge in [-0.3, -0.25) is 0 Å². The van der Waals surface area contributed by atoms with Crippen LogP contribution in [0.25, 0.3) is 6.08 Å². The molecule has 0 bridgehead atoms. The highest BCUT2D eigenvalue weighted by Crippen LogP contribution is 2.27. The van der Waals surface area contributed by atoms with Crippen molar-refractivity contribution in [2.24, 2.45) is 0 Å². The van der Waals surface area contributed by atoms with E-state index in [9.17, 15) is 17.6 Å². The van der Waals surface area contributed by atoms with Crippen molar-refractivity contribution in [3.05, 3.63) is 35.7 Å². The zero-order valence-corrected chi connectivity index (χ0v) is 12.3. The lowest BCUT2D eigenvalue weighted by Gasteiger charge is -2.36. The molecule has 1 saturated heterocycles. The van der Waals surface area contributed by atoms with E-state index in [4.69, 9.17) is 5.11 Å². The second-order valence-corrected chi connectivity index (χ2v) is 7.26. The minimum absolute atomic E-state index is 0.0342. The zero-order valence-electron chi connectivity index (χ0n) is 11.5. The van der Waals surface area contributed by atoms with Crippen LogP contribution < -0.4 is 4.90 Å². The Balaban J connectivity index is 2.37. The van der Waals surface area contributed by atoms with Crippen molar-refractivity contribution >= 4 is 27.6 Å². The average Bonchev–Trinajstić information content (AvgIpc) is 2.36. The van der Waals surface area contributed by atoms with Crippen LogP contribution in [0.3, 0.4) is 0 Å². The molecule has 0 saturated carbocycles. The first-order chi connectivity index (χ1) is 9.78. The van der Waals surface area contributed by atoms with Gasteiger partial charge >= 0.3 is 5.97 Å². The van der Waals surface area contributed by atoms with Crippen molar-refractivity contribution in [2.45, 2.75) is 13.0 Å². The number of nitrogens with zero attached hydrogens (tertiary/aromatic N) is 1. The van der Waals surface area contributed by atoms with Crippen molar-refractivity contribution in [3.8, 4) is 0 Å². The summed E-state index contributed by atoms with van der Waals surface area (Å²) < 4.78 is 36.6. The molecule has 1 fully saturated rings. The van der Waals surface area contributed by atoms with Crippen LogP contribution in [0.4, 0.5) is 10.1 Å². The maximum absolute atomic E-state index is 13.4. The van der Waals surface area contributed by atoms with E-state index in [0.717, 1.165) is 6.08 Å². The Morgan fingerprint density at radius 2 is 2.19 bits per heavy atom. The Hall–Kier alpha value is -1.89. The Morgan fingerprint density at radius 1 is 1.48 bits per heavy atom. The predicted molar refractivity (Wildman–Crippen MR) is 78.5 cm³/mol. The second kappa shape index (κ2) is 5.85. The fourth-order valence-corrected chi connectivity index (χ4v) is 3.99. The lowest BCUT2D eigenvalue weighted by atomic mass is 10.1. The summed E-state index contributed by atoms with van der Waals surface area (Å²) in [6.45, 7) is 2.09. The monoisotopic (exact) mass is 313 g/mol. The van der Waals surface area contributed by atoms with E-state index < -0.39 is 21.6 Å². The molecule has 0 spiro atoms. The van der Waals surface area contributed by atoms with E-state index in [1.807, 2.05) is 4.90 Å². The molecule has 0 aromatic heterocycles. The molecule has 1 aliphatic heterocycles. The molecule has 1 aromatic carbocycles. The third-order valence-electron chi connectivity index (χ3n) is 3.37. The summed E-state index contributed by atoms with van der Waals surface area (Å²) >= 11 is 0. The van der Waals surface area contributed by atoms with E-state index >= 15 is 0 Å². The highest BCUT2D eigenvalue weighted by Gasteiger charge is 2.29. The van der Waals surface area contributed by atoms with Gasteiger partial charge in [0, 0.05) is 29.9 Å². The second-order valence-electron chi connectivity index (χ2n) is 5.03. The SMILES string of the molecule is CC1CS(=O)(=O)CCN1c1ccc(F)cc1/C=C/C(=O)O. The number of hydrogen-bond donors (Lipinski definition) is 1. The van der Waals surface area contributed by atoms with Gasteiger partial charge in [0.1, 0.15) is 5.82 Å².